The second-order valence-electron chi connectivity index (χ2n) is 6.42. The largest absolute Gasteiger partial charge is 0.367 e. The first-order valence-electron chi connectivity index (χ1n) is 9.08. The van der Waals surface area contributed by atoms with Gasteiger partial charge in [-0.15, -0.1) is 0 Å². The van der Waals surface area contributed by atoms with Crippen LogP contribution in [-0.4, -0.2) is 43.7 Å². The number of amides is 2. The first-order chi connectivity index (χ1) is 12.8. The summed E-state index contributed by atoms with van der Waals surface area (Å²) in [6.07, 6.45) is 1.91. The van der Waals surface area contributed by atoms with Gasteiger partial charge in [0.15, 0.2) is 0 Å². The van der Waals surface area contributed by atoms with Crippen LogP contribution in [0, 0.1) is 11.3 Å². The average Bonchev–Trinajstić information content (AvgIpc) is 2.72. The maximum absolute atomic E-state index is 12.3. The van der Waals surface area contributed by atoms with Crippen LogP contribution in [0.1, 0.15) is 17.5 Å². The van der Waals surface area contributed by atoms with Crippen molar-refractivity contribution in [1.82, 2.24) is 10.2 Å². The molecular formula is C21H24N4O. The van der Waals surface area contributed by atoms with Crippen molar-refractivity contribution in [3.8, 4) is 6.07 Å². The molecule has 3 rings (SSSR count). The Morgan fingerprint density at radius 1 is 1.00 bits per heavy atom. The summed E-state index contributed by atoms with van der Waals surface area (Å²) in [6.45, 7) is 3.52. The Hall–Kier alpha value is -3.00. The Kier molecular flexibility index (Phi) is 6.10. The van der Waals surface area contributed by atoms with Gasteiger partial charge in [-0.25, -0.2) is 4.79 Å². The number of benzene rings is 2. The van der Waals surface area contributed by atoms with Gasteiger partial charge >= 0.3 is 6.03 Å². The minimum Gasteiger partial charge on any atom is -0.367 e. The van der Waals surface area contributed by atoms with Crippen molar-refractivity contribution in [2.24, 2.45) is 0 Å². The van der Waals surface area contributed by atoms with Crippen molar-refractivity contribution in [3.63, 3.8) is 0 Å². The fourth-order valence-corrected chi connectivity index (χ4v) is 3.24. The van der Waals surface area contributed by atoms with Gasteiger partial charge in [0.1, 0.15) is 6.07 Å². The quantitative estimate of drug-likeness (QED) is 0.845. The number of rotatable bonds is 5. The Labute approximate surface area is 154 Å². The number of urea groups is 1. The summed E-state index contributed by atoms with van der Waals surface area (Å²) in [5.41, 5.74) is 2.94. The van der Waals surface area contributed by atoms with Crippen molar-refractivity contribution in [3.05, 3.63) is 65.7 Å². The van der Waals surface area contributed by atoms with E-state index in [1.807, 2.05) is 47.4 Å². The van der Waals surface area contributed by atoms with Gasteiger partial charge < -0.3 is 15.1 Å². The average molecular weight is 348 g/mol. The summed E-state index contributed by atoms with van der Waals surface area (Å²) < 4.78 is 0. The molecule has 1 aliphatic heterocycles. The van der Waals surface area contributed by atoms with Crippen LogP contribution in [-0.2, 0) is 6.42 Å². The Morgan fingerprint density at radius 3 is 2.42 bits per heavy atom. The van der Waals surface area contributed by atoms with E-state index in [4.69, 9.17) is 0 Å². The number of carbonyl (C=O) groups is 1. The second-order valence-corrected chi connectivity index (χ2v) is 6.42. The lowest BCUT2D eigenvalue weighted by Crippen LogP contribution is -2.52. The summed E-state index contributed by atoms with van der Waals surface area (Å²) in [6, 6.07) is 20.2. The molecule has 134 valence electrons. The lowest BCUT2D eigenvalue weighted by atomic mass is 10.1. The van der Waals surface area contributed by atoms with Crippen LogP contribution in [0.25, 0.3) is 0 Å². The van der Waals surface area contributed by atoms with Crippen molar-refractivity contribution >= 4 is 11.7 Å². The lowest BCUT2D eigenvalue weighted by molar-refractivity contribution is 0.194. The van der Waals surface area contributed by atoms with Gasteiger partial charge in [0, 0.05) is 32.7 Å². The highest BCUT2D eigenvalue weighted by Crippen LogP contribution is 2.21. The molecule has 1 N–H and O–H groups in total. The number of nitriles is 1. The molecule has 2 aromatic rings. The molecule has 0 radical (unpaired) electrons. The molecule has 2 amide bonds. The highest BCUT2D eigenvalue weighted by Gasteiger charge is 2.22. The van der Waals surface area contributed by atoms with Crippen LogP contribution in [0.4, 0.5) is 10.5 Å². The molecule has 0 aliphatic carbocycles. The van der Waals surface area contributed by atoms with Gasteiger partial charge in [0.05, 0.1) is 11.3 Å². The highest BCUT2D eigenvalue weighted by molar-refractivity contribution is 5.74. The molecule has 26 heavy (non-hydrogen) atoms. The first-order valence-corrected chi connectivity index (χ1v) is 9.08. The minimum absolute atomic E-state index is 0.00581. The van der Waals surface area contributed by atoms with E-state index >= 15 is 0 Å². The predicted molar refractivity (Wildman–Crippen MR) is 103 cm³/mol. The smallest absolute Gasteiger partial charge is 0.317 e. The van der Waals surface area contributed by atoms with E-state index in [1.165, 1.54) is 5.56 Å². The van der Waals surface area contributed by atoms with Crippen LogP contribution >= 0.6 is 0 Å². The topological polar surface area (TPSA) is 59.4 Å². The van der Waals surface area contributed by atoms with Crippen molar-refractivity contribution < 1.29 is 4.79 Å². The molecular weight excluding hydrogens is 324 g/mol. The van der Waals surface area contributed by atoms with Gasteiger partial charge in [0.25, 0.3) is 0 Å². The van der Waals surface area contributed by atoms with Crippen LogP contribution in [0.15, 0.2) is 54.6 Å². The standard InChI is InChI=1S/C21H24N4O/c22-17-19-10-4-5-11-20(19)24-13-15-25(16-14-24)21(26)23-12-6-9-18-7-2-1-3-8-18/h1-5,7-8,10-11H,6,9,12-16H2,(H,23,26). The van der Waals surface area contributed by atoms with Crippen LogP contribution in [0.5, 0.6) is 0 Å². The Morgan fingerprint density at radius 2 is 1.69 bits per heavy atom. The van der Waals surface area contributed by atoms with E-state index in [9.17, 15) is 10.1 Å². The number of hydrogen-bond donors (Lipinski definition) is 1. The van der Waals surface area contributed by atoms with Gasteiger partial charge in [-0.2, -0.15) is 5.26 Å². The van der Waals surface area contributed by atoms with E-state index in [1.54, 1.807) is 0 Å². The van der Waals surface area contributed by atoms with E-state index in [-0.39, 0.29) is 6.03 Å². The van der Waals surface area contributed by atoms with Crippen LogP contribution in [0.2, 0.25) is 0 Å². The van der Waals surface area contributed by atoms with Crippen molar-refractivity contribution in [1.29, 1.82) is 5.26 Å². The summed E-state index contributed by atoms with van der Waals surface area (Å²) >= 11 is 0. The number of piperazine rings is 1. The molecule has 1 saturated heterocycles. The molecule has 1 aliphatic rings. The lowest BCUT2D eigenvalue weighted by Gasteiger charge is -2.36. The van der Waals surface area contributed by atoms with Gasteiger partial charge in [-0.1, -0.05) is 42.5 Å². The summed E-state index contributed by atoms with van der Waals surface area (Å²) in [7, 11) is 0. The number of nitrogens with zero attached hydrogens (tertiary/aromatic N) is 3. The Bertz CT molecular complexity index is 761. The monoisotopic (exact) mass is 348 g/mol. The SMILES string of the molecule is N#Cc1ccccc1N1CCN(C(=O)NCCCc2ccccc2)CC1. The van der Waals surface area contributed by atoms with Crippen LogP contribution < -0.4 is 10.2 Å². The zero-order valence-corrected chi connectivity index (χ0v) is 14.9. The molecule has 0 saturated carbocycles. The van der Waals surface area contributed by atoms with E-state index in [2.05, 4.69) is 28.4 Å². The normalized spacial score (nSPS) is 14.0. The molecule has 0 unspecified atom stereocenters. The molecule has 1 heterocycles. The Balaban J connectivity index is 1.41. The molecule has 0 spiro atoms. The fraction of sp³-hybridized carbons (Fsp3) is 0.333. The summed E-state index contributed by atoms with van der Waals surface area (Å²) in [5.74, 6) is 0. The third kappa shape index (κ3) is 4.54. The summed E-state index contributed by atoms with van der Waals surface area (Å²) in [5, 5.41) is 12.3. The maximum atomic E-state index is 12.3. The van der Waals surface area contributed by atoms with E-state index < -0.39 is 0 Å². The van der Waals surface area contributed by atoms with Gasteiger partial charge in [0.2, 0.25) is 0 Å². The molecule has 0 aromatic heterocycles. The zero-order chi connectivity index (χ0) is 18.2. The number of nitrogens with one attached hydrogen (secondary N) is 1. The molecule has 0 bridgehead atoms. The van der Waals surface area contributed by atoms with Crippen molar-refractivity contribution in [2.45, 2.75) is 12.8 Å². The molecule has 5 heteroatoms. The third-order valence-electron chi connectivity index (χ3n) is 4.69. The first kappa shape index (κ1) is 17.8. The van der Waals surface area contributed by atoms with Crippen molar-refractivity contribution in [2.75, 3.05) is 37.6 Å². The summed E-state index contributed by atoms with van der Waals surface area (Å²) in [4.78, 5) is 16.4. The number of aryl methyl sites for hydroxylation is 1. The number of hydrogen-bond acceptors (Lipinski definition) is 3. The van der Waals surface area contributed by atoms with Gasteiger partial charge in [-0.3, -0.25) is 0 Å². The van der Waals surface area contributed by atoms with Crippen LogP contribution in [0.3, 0.4) is 0 Å². The highest BCUT2D eigenvalue weighted by atomic mass is 16.2. The molecule has 5 nitrogen and oxygen atoms in total. The van der Waals surface area contributed by atoms with E-state index in [0.29, 0.717) is 25.2 Å². The second kappa shape index (κ2) is 8.91. The number of anilines is 1. The minimum atomic E-state index is 0.00581. The number of para-hydroxylation sites is 1. The predicted octanol–water partition coefficient (Wildman–Crippen LogP) is 3.02. The fourth-order valence-electron chi connectivity index (χ4n) is 3.24. The zero-order valence-electron chi connectivity index (χ0n) is 14.9. The number of carbonyl (C=O) groups excluding carboxylic acids is 1. The van der Waals surface area contributed by atoms with Gasteiger partial charge in [-0.05, 0) is 30.5 Å². The van der Waals surface area contributed by atoms with E-state index in [0.717, 1.165) is 31.6 Å². The molecule has 1 fully saturated rings. The molecule has 2 aromatic carbocycles. The maximum Gasteiger partial charge on any atom is 0.317 e. The third-order valence-corrected chi connectivity index (χ3v) is 4.69. The molecule has 0 atom stereocenters.